The number of nitrogens with zero attached hydrogens (tertiary/aromatic N) is 1. The first-order valence-electron chi connectivity index (χ1n) is 7.62. The fourth-order valence-electron chi connectivity index (χ4n) is 2.90. The summed E-state index contributed by atoms with van der Waals surface area (Å²) in [5, 5.41) is 13.2. The van der Waals surface area contributed by atoms with E-state index in [0.29, 0.717) is 0 Å². The number of anilines is 1. The van der Waals surface area contributed by atoms with Crippen LogP contribution in [0.25, 0.3) is 10.9 Å². The van der Waals surface area contributed by atoms with E-state index in [4.69, 9.17) is 9.84 Å². The number of aromatic amines is 1. The second kappa shape index (κ2) is 6.37. The van der Waals surface area contributed by atoms with Crippen molar-refractivity contribution in [2.24, 2.45) is 0 Å². The van der Waals surface area contributed by atoms with Gasteiger partial charge >= 0.3 is 5.97 Å². The molecule has 24 heavy (non-hydrogen) atoms. The van der Waals surface area contributed by atoms with E-state index in [0.717, 1.165) is 22.2 Å². The zero-order chi connectivity index (χ0) is 17.3. The molecule has 0 spiro atoms. The smallest absolute Gasteiger partial charge is 0.337 e. The van der Waals surface area contributed by atoms with Gasteiger partial charge in [0.15, 0.2) is 0 Å². The average Bonchev–Trinajstić information content (AvgIpc) is 3.17. The molecule has 0 saturated heterocycles. The molecule has 0 atom stereocenters. The number of rotatable bonds is 5. The predicted molar refractivity (Wildman–Crippen MR) is 89.4 cm³/mol. The van der Waals surface area contributed by atoms with Crippen molar-refractivity contribution in [3.8, 4) is 0 Å². The molecule has 0 bridgehead atoms. The highest BCUT2D eigenvalue weighted by Crippen LogP contribution is 2.28. The SMILES string of the molecule is COC(=O)C1=C(Nc2ccc3[nH]ccc3c2C)C(=O)N(CCO)C1. The molecule has 1 amide bonds. The molecule has 7 nitrogen and oxygen atoms in total. The van der Waals surface area contributed by atoms with E-state index in [2.05, 4.69) is 10.3 Å². The van der Waals surface area contributed by atoms with Crippen LogP contribution in [-0.4, -0.2) is 53.7 Å². The summed E-state index contributed by atoms with van der Waals surface area (Å²) in [6, 6.07) is 5.73. The number of nitrogens with one attached hydrogen (secondary N) is 2. The maximum atomic E-state index is 12.5. The number of esters is 1. The lowest BCUT2D eigenvalue weighted by Gasteiger charge is -2.15. The maximum absolute atomic E-state index is 12.5. The number of carbonyl (C=O) groups is 2. The molecule has 2 aromatic rings. The van der Waals surface area contributed by atoms with Crippen molar-refractivity contribution < 1.29 is 19.4 Å². The number of carbonyl (C=O) groups excluding carboxylic acids is 2. The summed E-state index contributed by atoms with van der Waals surface area (Å²) in [6.45, 7) is 2.07. The van der Waals surface area contributed by atoms with Crippen LogP contribution < -0.4 is 5.32 Å². The largest absolute Gasteiger partial charge is 0.466 e. The topological polar surface area (TPSA) is 94.7 Å². The van der Waals surface area contributed by atoms with Crippen molar-refractivity contribution in [3.63, 3.8) is 0 Å². The van der Waals surface area contributed by atoms with Crippen LogP contribution in [0.1, 0.15) is 5.56 Å². The number of aliphatic hydroxyl groups is 1. The highest BCUT2D eigenvalue weighted by Gasteiger charge is 2.34. The van der Waals surface area contributed by atoms with Gasteiger partial charge in [-0.15, -0.1) is 0 Å². The third kappa shape index (κ3) is 2.63. The average molecular weight is 329 g/mol. The number of hydrogen-bond donors (Lipinski definition) is 3. The second-order valence-corrected chi connectivity index (χ2v) is 5.60. The van der Waals surface area contributed by atoms with Crippen LogP contribution in [0.2, 0.25) is 0 Å². The second-order valence-electron chi connectivity index (χ2n) is 5.60. The van der Waals surface area contributed by atoms with E-state index in [-0.39, 0.29) is 36.9 Å². The molecule has 126 valence electrons. The van der Waals surface area contributed by atoms with Gasteiger partial charge in [-0.2, -0.15) is 0 Å². The number of aliphatic hydroxyl groups excluding tert-OH is 1. The first kappa shape index (κ1) is 16.1. The number of aryl methyl sites for hydroxylation is 1. The molecular weight excluding hydrogens is 310 g/mol. The molecule has 1 aliphatic rings. The number of β-amino-alcohol motifs (C(OH)–C–C–N with tert-alkyl or cyclic N) is 1. The number of amides is 1. The number of benzene rings is 1. The number of ether oxygens (including phenoxy) is 1. The Bertz CT molecular complexity index is 837. The van der Waals surface area contributed by atoms with Crippen LogP contribution in [-0.2, 0) is 14.3 Å². The molecule has 1 aromatic heterocycles. The quantitative estimate of drug-likeness (QED) is 0.715. The van der Waals surface area contributed by atoms with Crippen molar-refractivity contribution in [1.29, 1.82) is 0 Å². The van der Waals surface area contributed by atoms with Gasteiger partial charge in [0.2, 0.25) is 0 Å². The lowest BCUT2D eigenvalue weighted by atomic mass is 10.1. The van der Waals surface area contributed by atoms with Gasteiger partial charge in [0, 0.05) is 29.3 Å². The van der Waals surface area contributed by atoms with Gasteiger partial charge in [-0.05, 0) is 30.7 Å². The molecule has 3 N–H and O–H groups in total. The Morgan fingerprint density at radius 2 is 2.21 bits per heavy atom. The summed E-state index contributed by atoms with van der Waals surface area (Å²) in [5.41, 5.74) is 3.19. The maximum Gasteiger partial charge on any atom is 0.337 e. The predicted octanol–water partition coefficient (Wildman–Crippen LogP) is 1.15. The number of methoxy groups -OCH3 is 1. The minimum atomic E-state index is -0.549. The van der Waals surface area contributed by atoms with Crippen LogP contribution in [0.5, 0.6) is 0 Å². The van der Waals surface area contributed by atoms with Crippen LogP contribution in [0.4, 0.5) is 5.69 Å². The number of H-pyrrole nitrogens is 1. The van der Waals surface area contributed by atoms with Gasteiger partial charge in [-0.1, -0.05) is 0 Å². The monoisotopic (exact) mass is 329 g/mol. The highest BCUT2D eigenvalue weighted by atomic mass is 16.5. The minimum absolute atomic E-state index is 0.125. The Labute approximate surface area is 138 Å². The number of aromatic nitrogens is 1. The van der Waals surface area contributed by atoms with Crippen molar-refractivity contribution in [2.75, 3.05) is 32.1 Å². The molecule has 0 unspecified atom stereocenters. The fraction of sp³-hybridized carbons (Fsp3) is 0.294. The van der Waals surface area contributed by atoms with Gasteiger partial charge in [-0.25, -0.2) is 4.79 Å². The molecule has 7 heteroatoms. The zero-order valence-corrected chi connectivity index (χ0v) is 13.5. The third-order valence-corrected chi connectivity index (χ3v) is 4.22. The van der Waals surface area contributed by atoms with Crippen molar-refractivity contribution in [2.45, 2.75) is 6.92 Å². The molecule has 0 aliphatic carbocycles. The van der Waals surface area contributed by atoms with Gasteiger partial charge < -0.3 is 25.0 Å². The summed E-state index contributed by atoms with van der Waals surface area (Å²) >= 11 is 0. The van der Waals surface area contributed by atoms with Crippen molar-refractivity contribution in [3.05, 3.63) is 41.2 Å². The Morgan fingerprint density at radius 3 is 2.92 bits per heavy atom. The van der Waals surface area contributed by atoms with Gasteiger partial charge in [-0.3, -0.25) is 4.79 Å². The molecular formula is C17H19N3O4. The Balaban J connectivity index is 1.98. The first-order chi connectivity index (χ1) is 11.6. The highest BCUT2D eigenvalue weighted by molar-refractivity contribution is 6.09. The molecule has 2 heterocycles. The van der Waals surface area contributed by atoms with Crippen molar-refractivity contribution in [1.82, 2.24) is 9.88 Å². The van der Waals surface area contributed by atoms with Gasteiger partial charge in [0.25, 0.3) is 5.91 Å². The first-order valence-corrected chi connectivity index (χ1v) is 7.62. The van der Waals surface area contributed by atoms with E-state index in [9.17, 15) is 9.59 Å². The standard InChI is InChI=1S/C17H19N3O4/c1-10-11-5-6-18-14(11)4-3-13(10)19-15-12(17(23)24-2)9-20(7-8-21)16(15)22/h3-6,18-19,21H,7-9H2,1-2H3. The van der Waals surface area contributed by atoms with Gasteiger partial charge in [0.1, 0.15) is 5.70 Å². The van der Waals surface area contributed by atoms with E-state index in [1.807, 2.05) is 31.3 Å². The summed E-state index contributed by atoms with van der Waals surface area (Å²) in [6.07, 6.45) is 1.85. The molecule has 1 aliphatic heterocycles. The molecule has 0 radical (unpaired) electrons. The molecule has 0 fully saturated rings. The lowest BCUT2D eigenvalue weighted by Crippen LogP contribution is -2.31. The minimum Gasteiger partial charge on any atom is -0.466 e. The Kier molecular flexibility index (Phi) is 4.26. The summed E-state index contributed by atoms with van der Waals surface area (Å²) in [4.78, 5) is 29.1. The van der Waals surface area contributed by atoms with E-state index >= 15 is 0 Å². The van der Waals surface area contributed by atoms with Crippen molar-refractivity contribution >= 4 is 28.5 Å². The van der Waals surface area contributed by atoms with E-state index in [1.165, 1.54) is 12.0 Å². The Hall–Kier alpha value is -2.80. The van der Waals surface area contributed by atoms with Crippen LogP contribution in [0.3, 0.4) is 0 Å². The molecule has 0 saturated carbocycles. The summed E-state index contributed by atoms with van der Waals surface area (Å²) in [5.74, 6) is -0.871. The summed E-state index contributed by atoms with van der Waals surface area (Å²) in [7, 11) is 1.28. The molecule has 1 aromatic carbocycles. The lowest BCUT2D eigenvalue weighted by molar-refractivity contribution is -0.136. The van der Waals surface area contributed by atoms with Crippen LogP contribution in [0.15, 0.2) is 35.7 Å². The van der Waals surface area contributed by atoms with Crippen LogP contribution in [0, 0.1) is 6.92 Å². The third-order valence-electron chi connectivity index (χ3n) is 4.22. The Morgan fingerprint density at radius 1 is 1.42 bits per heavy atom. The van der Waals surface area contributed by atoms with Gasteiger partial charge in [0.05, 0.1) is 25.8 Å². The normalized spacial score (nSPS) is 14.6. The van der Waals surface area contributed by atoms with Crippen LogP contribution >= 0.6 is 0 Å². The summed E-state index contributed by atoms with van der Waals surface area (Å²) < 4.78 is 4.78. The number of hydrogen-bond acceptors (Lipinski definition) is 5. The zero-order valence-electron chi connectivity index (χ0n) is 13.5. The molecule has 3 rings (SSSR count). The van der Waals surface area contributed by atoms with E-state index in [1.54, 1.807) is 0 Å². The number of fused-ring (bicyclic) bond motifs is 1. The van der Waals surface area contributed by atoms with E-state index < -0.39 is 5.97 Å². The fourth-order valence-corrected chi connectivity index (χ4v) is 2.90.